The number of aryl methyl sites for hydroxylation is 2. The summed E-state index contributed by atoms with van der Waals surface area (Å²) in [4.78, 5) is 2.35. The molecule has 15 rings (SSSR count). The molecule has 0 N–H and O–H groups in total. The van der Waals surface area contributed by atoms with Gasteiger partial charge in [-0.2, -0.15) is 0 Å². The van der Waals surface area contributed by atoms with Crippen molar-refractivity contribution in [3.05, 3.63) is 241 Å². The first-order valence-electron chi connectivity index (χ1n) is 25.8. The van der Waals surface area contributed by atoms with Gasteiger partial charge in [-0.25, -0.2) is 0 Å². The van der Waals surface area contributed by atoms with E-state index in [0.29, 0.717) is 6.61 Å². The number of allylic oxidation sites excluding steroid dienone is 1. The Morgan fingerprint density at radius 1 is 0.419 bits per heavy atom. The van der Waals surface area contributed by atoms with Crippen LogP contribution in [0.1, 0.15) is 29.7 Å². The zero-order valence-corrected chi connectivity index (χ0v) is 40.6. The summed E-state index contributed by atoms with van der Waals surface area (Å²) in [6, 6.07) is 79.0. The second-order valence-electron chi connectivity index (χ2n) is 19.7. The summed E-state index contributed by atoms with van der Waals surface area (Å²) in [6.07, 6.45) is 8.39. The highest BCUT2D eigenvalue weighted by Gasteiger charge is 2.23. The van der Waals surface area contributed by atoms with Crippen molar-refractivity contribution < 1.29 is 13.6 Å². The van der Waals surface area contributed by atoms with Gasteiger partial charge in [0.25, 0.3) is 0 Å². The third kappa shape index (κ3) is 6.84. The molecule has 0 amide bonds. The first kappa shape index (κ1) is 42.4. The summed E-state index contributed by atoms with van der Waals surface area (Å²) in [5.74, 6) is 2.02. The monoisotopic (exact) mass is 952 g/mol. The van der Waals surface area contributed by atoms with Crippen molar-refractivity contribution in [2.24, 2.45) is 0 Å². The van der Waals surface area contributed by atoms with Crippen LogP contribution < -0.4 is 9.64 Å². The molecule has 13 aromatic rings. The zero-order chi connectivity index (χ0) is 48.7. The van der Waals surface area contributed by atoms with Crippen LogP contribution in [0.5, 0.6) is 5.75 Å². The Labute approximate surface area is 428 Å². The number of rotatable bonds is 7. The number of furan rings is 2. The Hall–Kier alpha value is -9.32. The molecule has 0 fully saturated rings. The van der Waals surface area contributed by atoms with Crippen molar-refractivity contribution in [3.63, 3.8) is 0 Å². The first-order chi connectivity index (χ1) is 36.7. The van der Waals surface area contributed by atoms with Crippen LogP contribution in [0.3, 0.4) is 0 Å². The quantitative estimate of drug-likeness (QED) is 0.160. The molecule has 0 spiro atoms. The number of fused-ring (bicyclic) bond motifs is 12. The molecule has 3 aromatic heterocycles. The van der Waals surface area contributed by atoms with Crippen molar-refractivity contribution in [1.82, 2.24) is 4.57 Å². The van der Waals surface area contributed by atoms with Gasteiger partial charge in [-0.05, 0) is 119 Å². The van der Waals surface area contributed by atoms with E-state index in [9.17, 15) is 0 Å². The fraction of sp³-hybridized carbons (Fsp3) is 0.0725. The van der Waals surface area contributed by atoms with Crippen molar-refractivity contribution >= 4 is 77.9 Å². The number of aromatic nitrogens is 1. The minimum Gasteiger partial charge on any atom is -0.492 e. The molecule has 2 aliphatic rings. The largest absolute Gasteiger partial charge is 0.492 e. The predicted octanol–water partition coefficient (Wildman–Crippen LogP) is 18.9. The van der Waals surface area contributed by atoms with E-state index < -0.39 is 0 Å². The molecule has 352 valence electrons. The number of hydrogen-bond donors (Lipinski definition) is 0. The van der Waals surface area contributed by atoms with Crippen molar-refractivity contribution in [1.29, 1.82) is 0 Å². The Bertz CT molecular complexity index is 4360. The first-order valence-corrected chi connectivity index (χ1v) is 25.8. The van der Waals surface area contributed by atoms with Crippen LogP contribution in [-0.2, 0) is 12.8 Å². The normalized spacial score (nSPS) is 13.2. The fourth-order valence-electron chi connectivity index (χ4n) is 11.9. The maximum atomic E-state index is 6.66. The number of hydrogen-bond acceptors (Lipinski definition) is 4. The lowest BCUT2D eigenvalue weighted by molar-refractivity contribution is 0.311. The SMILES string of the molecule is C1=Cc2c(oc3c(-n4c5ccccc5c5cc(-c6ccc(N(c7ccc(-c8cccc9c8OCCCc8ccccc8-9)cc7)c7ccc(-c8cccc9c8oc8ccccc89)cc7)cc6)ccc54)cccc23)CC1. The van der Waals surface area contributed by atoms with Crippen molar-refractivity contribution in [2.45, 2.75) is 25.7 Å². The van der Waals surface area contributed by atoms with E-state index in [1.165, 1.54) is 32.8 Å². The molecule has 0 saturated carbocycles. The molecule has 74 heavy (non-hydrogen) atoms. The van der Waals surface area contributed by atoms with Gasteiger partial charge in [0.1, 0.15) is 22.7 Å². The van der Waals surface area contributed by atoms with E-state index >= 15 is 0 Å². The molecule has 5 nitrogen and oxygen atoms in total. The van der Waals surface area contributed by atoms with E-state index in [-0.39, 0.29) is 0 Å². The van der Waals surface area contributed by atoms with E-state index in [4.69, 9.17) is 13.6 Å². The third-order valence-electron chi connectivity index (χ3n) is 15.4. The Morgan fingerprint density at radius 2 is 1.04 bits per heavy atom. The van der Waals surface area contributed by atoms with Crippen molar-refractivity contribution in [3.8, 4) is 55.9 Å². The maximum absolute atomic E-state index is 6.66. The lowest BCUT2D eigenvalue weighted by Crippen LogP contribution is -2.10. The van der Waals surface area contributed by atoms with Crippen LogP contribution in [-0.4, -0.2) is 11.2 Å². The average Bonchev–Trinajstić information content (AvgIpc) is 4.15. The van der Waals surface area contributed by atoms with Crippen LogP contribution >= 0.6 is 0 Å². The summed E-state index contributed by atoms with van der Waals surface area (Å²) in [5, 5.41) is 5.83. The average molecular weight is 953 g/mol. The molecule has 0 bridgehead atoms. The fourth-order valence-corrected chi connectivity index (χ4v) is 11.9. The van der Waals surface area contributed by atoms with E-state index in [1.54, 1.807) is 0 Å². The van der Waals surface area contributed by atoms with Crippen LogP contribution in [0.2, 0.25) is 0 Å². The lowest BCUT2D eigenvalue weighted by atomic mass is 9.92. The molecule has 0 unspecified atom stereocenters. The molecule has 4 heterocycles. The van der Waals surface area contributed by atoms with Gasteiger partial charge in [-0.3, -0.25) is 0 Å². The second-order valence-corrected chi connectivity index (χ2v) is 19.7. The molecule has 0 atom stereocenters. The standard InChI is InChI=1S/C69H48N2O3/c1-2-15-52-45(13-1)14-12-42-72-67-53(19-9-21-58(52)67)46-30-37-50(38-31-46)70(51-39-32-47(33-40-51)54-20-10-22-59-56-17-4-7-26-65(56)73-68(54)59)49-35-28-44(29-36-49)48-34-41-63-61(43-48)55-16-3-6-24-62(55)71(63)64-25-11-23-60-57-18-5-8-27-66(57)74-69(60)64/h1-7,9-11,13,15-26,28-41,43H,8,12,14,27,42H2. The predicted molar refractivity (Wildman–Crippen MR) is 305 cm³/mol. The molecule has 5 heteroatoms. The molecular formula is C69H48N2O3. The molecule has 10 aromatic carbocycles. The summed E-state index contributed by atoms with van der Waals surface area (Å²) in [6.45, 7) is 0.681. The lowest BCUT2D eigenvalue weighted by Gasteiger charge is -2.26. The Balaban J connectivity index is 0.818. The second kappa shape index (κ2) is 17.2. The highest BCUT2D eigenvalue weighted by Crippen LogP contribution is 2.45. The van der Waals surface area contributed by atoms with Gasteiger partial charge in [0.05, 0.1) is 23.3 Å². The number of benzene rings is 10. The summed E-state index contributed by atoms with van der Waals surface area (Å²) in [7, 11) is 0. The van der Waals surface area contributed by atoms with E-state index in [1.807, 2.05) is 12.1 Å². The van der Waals surface area contributed by atoms with Gasteiger partial charge in [-0.1, -0.05) is 164 Å². The van der Waals surface area contributed by atoms with Crippen LogP contribution in [0.15, 0.2) is 233 Å². The van der Waals surface area contributed by atoms with Crippen LogP contribution in [0.25, 0.3) is 111 Å². The third-order valence-corrected chi connectivity index (χ3v) is 15.4. The van der Waals surface area contributed by atoms with Crippen molar-refractivity contribution in [2.75, 3.05) is 11.5 Å². The number of anilines is 3. The van der Waals surface area contributed by atoms with Gasteiger partial charge < -0.3 is 23.0 Å². The molecular weight excluding hydrogens is 905 g/mol. The zero-order valence-electron chi connectivity index (χ0n) is 40.6. The molecule has 0 radical (unpaired) electrons. The minimum atomic E-state index is 0.681. The van der Waals surface area contributed by atoms with Gasteiger partial charge in [0.2, 0.25) is 0 Å². The number of para-hydroxylation sites is 5. The van der Waals surface area contributed by atoms with E-state index in [2.05, 4.69) is 228 Å². The van der Waals surface area contributed by atoms with Gasteiger partial charge in [0, 0.05) is 72.7 Å². The topological polar surface area (TPSA) is 43.7 Å². The van der Waals surface area contributed by atoms with Gasteiger partial charge in [0.15, 0.2) is 5.58 Å². The summed E-state index contributed by atoms with van der Waals surface area (Å²) >= 11 is 0. The van der Waals surface area contributed by atoms with Gasteiger partial charge >= 0.3 is 0 Å². The van der Waals surface area contributed by atoms with Crippen LogP contribution in [0.4, 0.5) is 17.1 Å². The number of ether oxygens (including phenoxy) is 1. The Morgan fingerprint density at radius 3 is 1.88 bits per heavy atom. The molecule has 1 aliphatic carbocycles. The highest BCUT2D eigenvalue weighted by molar-refractivity contribution is 6.12. The maximum Gasteiger partial charge on any atom is 0.158 e. The molecule has 0 saturated heterocycles. The highest BCUT2D eigenvalue weighted by atomic mass is 16.5. The van der Waals surface area contributed by atoms with Gasteiger partial charge in [-0.15, -0.1) is 0 Å². The summed E-state index contributed by atoms with van der Waals surface area (Å²) < 4.78 is 22.1. The number of nitrogens with zero attached hydrogens (tertiary/aromatic N) is 2. The smallest absolute Gasteiger partial charge is 0.158 e. The van der Waals surface area contributed by atoms with Crippen LogP contribution in [0, 0.1) is 0 Å². The Kier molecular flexibility index (Phi) is 9.84. The summed E-state index contributed by atoms with van der Waals surface area (Å²) in [5.41, 5.74) is 20.9. The molecule has 1 aliphatic heterocycles. The minimum absolute atomic E-state index is 0.681. The van der Waals surface area contributed by atoms with E-state index in [0.717, 1.165) is 137 Å².